The molecule has 0 fully saturated rings. The van der Waals surface area contributed by atoms with Crippen LogP contribution in [0.2, 0.25) is 5.02 Å². The minimum Gasteiger partial charge on any atom is -0.465 e. The Labute approximate surface area is 159 Å². The van der Waals surface area contributed by atoms with E-state index in [1.54, 1.807) is 24.3 Å². The lowest BCUT2D eigenvalue weighted by Crippen LogP contribution is -2.22. The summed E-state index contributed by atoms with van der Waals surface area (Å²) in [4.78, 5) is 24.0. The Morgan fingerprint density at radius 1 is 1.26 bits per heavy atom. The predicted octanol–water partition coefficient (Wildman–Crippen LogP) is 3.42. The van der Waals surface area contributed by atoms with Crippen LogP contribution in [0.3, 0.4) is 0 Å². The first-order chi connectivity index (χ1) is 13.0. The summed E-state index contributed by atoms with van der Waals surface area (Å²) in [5, 5.41) is 6.90. The molecule has 3 rings (SSSR count). The van der Waals surface area contributed by atoms with Crippen LogP contribution < -0.4 is 10.9 Å². The number of esters is 1. The van der Waals surface area contributed by atoms with Gasteiger partial charge in [-0.15, -0.1) is 0 Å². The molecule has 0 saturated carbocycles. The molecule has 8 heteroatoms. The molecule has 0 radical (unpaired) electrons. The number of nitrogens with one attached hydrogen (secondary N) is 1. The molecule has 0 aliphatic carbocycles. The second-order valence-electron chi connectivity index (χ2n) is 5.58. The normalized spacial score (nSPS) is 10.5. The van der Waals surface area contributed by atoms with Gasteiger partial charge in [0.05, 0.1) is 30.2 Å². The number of halogens is 2. The van der Waals surface area contributed by atoms with E-state index >= 15 is 0 Å². The molecule has 27 heavy (non-hydrogen) atoms. The van der Waals surface area contributed by atoms with Crippen LogP contribution in [0, 0.1) is 5.82 Å². The van der Waals surface area contributed by atoms with Crippen molar-refractivity contribution >= 4 is 23.3 Å². The summed E-state index contributed by atoms with van der Waals surface area (Å²) in [6.45, 7) is 0.00680. The Bertz CT molecular complexity index is 1040. The number of methoxy groups -OCH3 is 1. The molecular formula is C19H15ClFN3O3. The first kappa shape index (κ1) is 18.6. The van der Waals surface area contributed by atoms with Crippen LogP contribution in [0.25, 0.3) is 5.69 Å². The first-order valence-corrected chi connectivity index (χ1v) is 8.33. The summed E-state index contributed by atoms with van der Waals surface area (Å²) >= 11 is 6.15. The van der Waals surface area contributed by atoms with E-state index in [1.807, 2.05) is 6.07 Å². The molecule has 0 aliphatic heterocycles. The third-order valence-electron chi connectivity index (χ3n) is 3.86. The molecule has 0 aliphatic rings. The van der Waals surface area contributed by atoms with Gasteiger partial charge in [-0.25, -0.2) is 9.18 Å². The van der Waals surface area contributed by atoms with E-state index in [4.69, 9.17) is 11.6 Å². The summed E-state index contributed by atoms with van der Waals surface area (Å²) in [5.41, 5.74) is 0.779. The van der Waals surface area contributed by atoms with Gasteiger partial charge in [-0.3, -0.25) is 4.79 Å². The zero-order valence-corrected chi connectivity index (χ0v) is 15.0. The minimum absolute atomic E-state index is 0.00680. The molecule has 1 N–H and O–H groups in total. The molecule has 0 amide bonds. The second-order valence-corrected chi connectivity index (χ2v) is 5.95. The van der Waals surface area contributed by atoms with Crippen LogP contribution >= 0.6 is 11.6 Å². The molecular weight excluding hydrogens is 373 g/mol. The number of aromatic nitrogens is 2. The van der Waals surface area contributed by atoms with Gasteiger partial charge in [0.1, 0.15) is 10.8 Å². The largest absolute Gasteiger partial charge is 0.465 e. The van der Waals surface area contributed by atoms with Gasteiger partial charge in [0.2, 0.25) is 0 Å². The van der Waals surface area contributed by atoms with Crippen molar-refractivity contribution in [3.63, 3.8) is 0 Å². The van der Waals surface area contributed by atoms with Crippen LogP contribution in [0.4, 0.5) is 10.1 Å². The zero-order chi connectivity index (χ0) is 19.4. The van der Waals surface area contributed by atoms with Gasteiger partial charge in [-0.1, -0.05) is 29.8 Å². The average Bonchev–Trinajstić information content (AvgIpc) is 2.70. The quantitative estimate of drug-likeness (QED) is 0.679. The second kappa shape index (κ2) is 8.01. The Balaban J connectivity index is 1.84. The van der Waals surface area contributed by atoms with Crippen molar-refractivity contribution in [2.24, 2.45) is 0 Å². The third kappa shape index (κ3) is 3.98. The minimum atomic E-state index is -0.568. The van der Waals surface area contributed by atoms with Crippen LogP contribution in [-0.4, -0.2) is 22.9 Å². The van der Waals surface area contributed by atoms with Gasteiger partial charge >= 0.3 is 5.97 Å². The molecule has 0 spiro atoms. The van der Waals surface area contributed by atoms with Gasteiger partial charge in [-0.05, 0) is 30.3 Å². The van der Waals surface area contributed by atoms with E-state index in [-0.39, 0.29) is 28.4 Å². The zero-order valence-electron chi connectivity index (χ0n) is 14.3. The van der Waals surface area contributed by atoms with Crippen LogP contribution in [0.15, 0.2) is 59.5 Å². The van der Waals surface area contributed by atoms with E-state index < -0.39 is 17.3 Å². The molecule has 1 heterocycles. The van der Waals surface area contributed by atoms with Crippen molar-refractivity contribution < 1.29 is 13.9 Å². The number of benzene rings is 2. The highest BCUT2D eigenvalue weighted by molar-refractivity contribution is 6.32. The monoisotopic (exact) mass is 387 g/mol. The van der Waals surface area contributed by atoms with Gasteiger partial charge in [0.25, 0.3) is 5.56 Å². The van der Waals surface area contributed by atoms with E-state index in [9.17, 15) is 14.0 Å². The average molecular weight is 388 g/mol. The van der Waals surface area contributed by atoms with E-state index in [0.717, 1.165) is 0 Å². The highest BCUT2D eigenvalue weighted by atomic mass is 35.5. The standard InChI is InChI=1S/C19H15ClFN3O3/c1-27-19(26)12-7-8-15(21)13(9-12)10-22-16-11-23-24(18(25)17(16)20)14-5-3-2-4-6-14/h2-9,11,22H,10H2,1H3. The van der Waals surface area contributed by atoms with Crippen molar-refractivity contribution in [2.75, 3.05) is 12.4 Å². The third-order valence-corrected chi connectivity index (χ3v) is 4.22. The van der Waals surface area contributed by atoms with Crippen molar-refractivity contribution in [2.45, 2.75) is 6.54 Å². The lowest BCUT2D eigenvalue weighted by Gasteiger charge is -2.11. The fourth-order valence-corrected chi connectivity index (χ4v) is 2.65. The maximum Gasteiger partial charge on any atom is 0.337 e. The lowest BCUT2D eigenvalue weighted by atomic mass is 10.1. The van der Waals surface area contributed by atoms with Crippen LogP contribution in [-0.2, 0) is 11.3 Å². The summed E-state index contributed by atoms with van der Waals surface area (Å²) in [5.74, 6) is -1.07. The number of carbonyl (C=O) groups is 1. The van der Waals surface area contributed by atoms with Crippen LogP contribution in [0.5, 0.6) is 0 Å². The molecule has 0 unspecified atom stereocenters. The number of nitrogens with zero attached hydrogens (tertiary/aromatic N) is 2. The number of anilines is 1. The highest BCUT2D eigenvalue weighted by Crippen LogP contribution is 2.19. The van der Waals surface area contributed by atoms with E-state index in [0.29, 0.717) is 5.69 Å². The Morgan fingerprint density at radius 3 is 2.70 bits per heavy atom. The Kier molecular flexibility index (Phi) is 5.52. The van der Waals surface area contributed by atoms with Crippen LogP contribution in [0.1, 0.15) is 15.9 Å². The number of hydrogen-bond acceptors (Lipinski definition) is 5. The summed E-state index contributed by atoms with van der Waals surface area (Å²) < 4.78 is 19.8. The van der Waals surface area contributed by atoms with E-state index in [2.05, 4.69) is 15.2 Å². The maximum atomic E-state index is 14.0. The van der Waals surface area contributed by atoms with Gasteiger partial charge < -0.3 is 10.1 Å². The predicted molar refractivity (Wildman–Crippen MR) is 99.9 cm³/mol. The Hall–Kier alpha value is -3.19. The molecule has 138 valence electrons. The summed E-state index contributed by atoms with van der Waals surface area (Å²) in [6, 6.07) is 12.7. The summed E-state index contributed by atoms with van der Waals surface area (Å²) in [7, 11) is 1.25. The number of para-hydroxylation sites is 1. The SMILES string of the molecule is COC(=O)c1ccc(F)c(CNc2cnn(-c3ccccc3)c(=O)c2Cl)c1. The molecule has 0 atom stereocenters. The molecule has 0 saturated heterocycles. The first-order valence-electron chi connectivity index (χ1n) is 7.95. The fraction of sp³-hybridized carbons (Fsp3) is 0.105. The van der Waals surface area contributed by atoms with Gasteiger partial charge in [-0.2, -0.15) is 9.78 Å². The maximum absolute atomic E-state index is 14.0. The summed E-state index contributed by atoms with van der Waals surface area (Å²) in [6.07, 6.45) is 1.39. The molecule has 3 aromatic rings. The number of hydrogen-bond donors (Lipinski definition) is 1. The molecule has 2 aromatic carbocycles. The van der Waals surface area contributed by atoms with Crippen molar-refractivity contribution in [3.8, 4) is 5.69 Å². The number of carbonyl (C=O) groups excluding carboxylic acids is 1. The Morgan fingerprint density at radius 2 is 2.00 bits per heavy atom. The smallest absolute Gasteiger partial charge is 0.337 e. The van der Waals surface area contributed by atoms with E-state index in [1.165, 1.54) is 36.2 Å². The van der Waals surface area contributed by atoms with Gasteiger partial charge in [0, 0.05) is 12.1 Å². The molecule has 1 aromatic heterocycles. The number of ether oxygens (including phenoxy) is 1. The highest BCUT2D eigenvalue weighted by Gasteiger charge is 2.13. The fourth-order valence-electron chi connectivity index (χ4n) is 2.45. The van der Waals surface area contributed by atoms with Crippen molar-refractivity contribution in [1.29, 1.82) is 0 Å². The van der Waals surface area contributed by atoms with Crippen molar-refractivity contribution in [3.05, 3.63) is 87.0 Å². The molecule has 0 bridgehead atoms. The topological polar surface area (TPSA) is 73.2 Å². The van der Waals surface area contributed by atoms with Crippen molar-refractivity contribution in [1.82, 2.24) is 9.78 Å². The van der Waals surface area contributed by atoms with Gasteiger partial charge in [0.15, 0.2) is 0 Å². The lowest BCUT2D eigenvalue weighted by molar-refractivity contribution is 0.0600. The molecule has 6 nitrogen and oxygen atoms in total. The number of rotatable bonds is 5.